The topological polar surface area (TPSA) is 29.5 Å². The van der Waals surface area contributed by atoms with E-state index in [1.807, 2.05) is 0 Å². The fourth-order valence-corrected chi connectivity index (χ4v) is 2.77. The molecule has 0 aliphatic heterocycles. The average molecular weight is 282 g/mol. The van der Waals surface area contributed by atoms with Crippen LogP contribution in [0.15, 0.2) is 29.8 Å². The first-order valence-electron chi connectivity index (χ1n) is 7.06. The minimum Gasteiger partial charge on any atom is -0.434 e. The molecule has 1 aliphatic carbocycles. The Morgan fingerprint density at radius 2 is 1.95 bits per heavy atom. The maximum atomic E-state index is 12.4. The summed E-state index contributed by atoms with van der Waals surface area (Å²) in [4.78, 5) is 0. The minimum absolute atomic E-state index is 0.0340. The summed E-state index contributed by atoms with van der Waals surface area (Å²) in [6, 6.07) is 6.69. The molecule has 1 saturated carbocycles. The Hall–Kier alpha value is -1.42. The van der Waals surface area contributed by atoms with Crippen molar-refractivity contribution in [3.63, 3.8) is 0 Å². The molecule has 0 radical (unpaired) electrons. The third-order valence-electron chi connectivity index (χ3n) is 3.79. The lowest BCUT2D eigenvalue weighted by molar-refractivity contribution is -0.0499. The minimum atomic E-state index is -2.84. The van der Waals surface area contributed by atoms with Gasteiger partial charge in [-0.1, -0.05) is 37.5 Å². The average Bonchev–Trinajstić information content (AvgIpc) is 2.46. The second-order valence-corrected chi connectivity index (χ2v) is 5.13. The maximum absolute atomic E-state index is 12.4. The lowest BCUT2D eigenvalue weighted by Crippen LogP contribution is -2.12. The van der Waals surface area contributed by atoms with Gasteiger partial charge < -0.3 is 9.84 Å². The summed E-state index contributed by atoms with van der Waals surface area (Å²) in [5.74, 6) is 0.512. The number of aliphatic hydroxyl groups excluding tert-OH is 1. The molecule has 2 rings (SSSR count). The number of alkyl halides is 2. The molecule has 0 spiro atoms. The van der Waals surface area contributed by atoms with Gasteiger partial charge >= 0.3 is 6.61 Å². The van der Waals surface area contributed by atoms with Gasteiger partial charge in [0.05, 0.1) is 6.61 Å². The molecule has 1 aromatic rings. The van der Waals surface area contributed by atoms with E-state index in [2.05, 4.69) is 4.74 Å². The molecule has 0 heterocycles. The van der Waals surface area contributed by atoms with Gasteiger partial charge in [0.2, 0.25) is 0 Å². The van der Waals surface area contributed by atoms with Crippen molar-refractivity contribution in [1.29, 1.82) is 0 Å². The Kier molecular flexibility index (Phi) is 5.53. The van der Waals surface area contributed by atoms with Crippen LogP contribution in [-0.2, 0) is 0 Å². The summed E-state index contributed by atoms with van der Waals surface area (Å²) >= 11 is 0. The highest BCUT2D eigenvalue weighted by atomic mass is 19.3. The Bertz CT molecular complexity index is 452. The monoisotopic (exact) mass is 282 g/mol. The van der Waals surface area contributed by atoms with Gasteiger partial charge in [0, 0.05) is 5.56 Å². The number of aliphatic hydroxyl groups is 1. The van der Waals surface area contributed by atoms with E-state index < -0.39 is 6.61 Å². The Balaban J connectivity index is 2.22. The van der Waals surface area contributed by atoms with Crippen LogP contribution in [0.3, 0.4) is 0 Å². The fraction of sp³-hybridized carbons (Fsp3) is 0.500. The lowest BCUT2D eigenvalue weighted by atomic mass is 9.83. The van der Waals surface area contributed by atoms with Crippen molar-refractivity contribution < 1.29 is 18.6 Å². The molecule has 1 N–H and O–H groups in total. The van der Waals surface area contributed by atoms with Crippen LogP contribution in [0.1, 0.15) is 37.7 Å². The summed E-state index contributed by atoms with van der Waals surface area (Å²) in [5.41, 5.74) is 1.51. The van der Waals surface area contributed by atoms with E-state index in [9.17, 15) is 13.9 Å². The standard InChI is InChI=1S/C16H20F2O2/c17-16(18)20-15-9-5-4-8-13(15)10-14(11-19)12-6-2-1-3-7-12/h4-5,8-10,12,16,19H,1-3,6-7,11H2/b14-10-. The van der Waals surface area contributed by atoms with Gasteiger partial charge in [-0.15, -0.1) is 0 Å². The molecule has 1 fully saturated rings. The molecule has 20 heavy (non-hydrogen) atoms. The zero-order valence-electron chi connectivity index (χ0n) is 11.4. The number of para-hydroxylation sites is 1. The van der Waals surface area contributed by atoms with E-state index >= 15 is 0 Å². The fourth-order valence-electron chi connectivity index (χ4n) is 2.77. The van der Waals surface area contributed by atoms with Gasteiger partial charge in [-0.3, -0.25) is 0 Å². The molecule has 0 saturated heterocycles. The van der Waals surface area contributed by atoms with Crippen LogP contribution >= 0.6 is 0 Å². The van der Waals surface area contributed by atoms with E-state index in [-0.39, 0.29) is 12.4 Å². The highest BCUT2D eigenvalue weighted by Crippen LogP contribution is 2.32. The predicted octanol–water partition coefficient (Wildman–Crippen LogP) is 4.24. The molecule has 4 heteroatoms. The van der Waals surface area contributed by atoms with Crippen molar-refractivity contribution in [3.05, 3.63) is 35.4 Å². The summed E-state index contributed by atoms with van der Waals surface area (Å²) in [6.45, 7) is -2.87. The number of ether oxygens (including phenoxy) is 1. The van der Waals surface area contributed by atoms with Crippen LogP contribution in [0.4, 0.5) is 8.78 Å². The van der Waals surface area contributed by atoms with E-state index in [4.69, 9.17) is 0 Å². The second-order valence-electron chi connectivity index (χ2n) is 5.13. The van der Waals surface area contributed by atoms with Crippen LogP contribution in [0.5, 0.6) is 5.75 Å². The molecule has 1 aromatic carbocycles. The normalized spacial score (nSPS) is 17.5. The van der Waals surface area contributed by atoms with Crippen molar-refractivity contribution in [3.8, 4) is 5.75 Å². The number of benzene rings is 1. The second kappa shape index (κ2) is 7.39. The van der Waals surface area contributed by atoms with Crippen molar-refractivity contribution in [2.45, 2.75) is 38.7 Å². The van der Waals surface area contributed by atoms with Gasteiger partial charge in [-0.25, -0.2) is 0 Å². The van der Waals surface area contributed by atoms with Crippen LogP contribution < -0.4 is 4.74 Å². The largest absolute Gasteiger partial charge is 0.434 e. The number of hydrogen-bond donors (Lipinski definition) is 1. The van der Waals surface area contributed by atoms with Gasteiger partial charge in [0.15, 0.2) is 0 Å². The van der Waals surface area contributed by atoms with Crippen LogP contribution in [0, 0.1) is 5.92 Å². The van der Waals surface area contributed by atoms with Gasteiger partial charge in [-0.2, -0.15) is 8.78 Å². The summed E-state index contributed by atoms with van der Waals surface area (Å²) in [5, 5.41) is 9.56. The zero-order valence-corrected chi connectivity index (χ0v) is 11.4. The molecule has 2 nitrogen and oxygen atoms in total. The van der Waals surface area contributed by atoms with E-state index in [0.29, 0.717) is 11.5 Å². The van der Waals surface area contributed by atoms with Crippen molar-refractivity contribution in [1.82, 2.24) is 0 Å². The zero-order chi connectivity index (χ0) is 14.4. The van der Waals surface area contributed by atoms with Crippen LogP contribution in [0.25, 0.3) is 6.08 Å². The maximum Gasteiger partial charge on any atom is 0.387 e. The molecule has 0 amide bonds. The highest BCUT2D eigenvalue weighted by molar-refractivity contribution is 5.60. The van der Waals surface area contributed by atoms with Gasteiger partial charge in [0.25, 0.3) is 0 Å². The third-order valence-corrected chi connectivity index (χ3v) is 3.79. The molecule has 0 unspecified atom stereocenters. The molecule has 0 bridgehead atoms. The van der Waals surface area contributed by atoms with Gasteiger partial charge in [-0.05, 0) is 36.5 Å². The first kappa shape index (κ1) is 15.0. The number of halogens is 2. The lowest BCUT2D eigenvalue weighted by Gasteiger charge is -2.23. The van der Waals surface area contributed by atoms with Crippen LogP contribution in [-0.4, -0.2) is 18.3 Å². The first-order valence-corrected chi connectivity index (χ1v) is 7.06. The summed E-state index contributed by atoms with van der Waals surface area (Å²) in [6.07, 6.45) is 7.48. The Labute approximate surface area is 118 Å². The Morgan fingerprint density at radius 3 is 2.60 bits per heavy atom. The SMILES string of the molecule is OC/C(=C/c1ccccc1OC(F)F)C1CCCCC1. The smallest absolute Gasteiger partial charge is 0.387 e. The molecular formula is C16H20F2O2. The van der Waals surface area contributed by atoms with Crippen molar-refractivity contribution >= 4 is 6.08 Å². The molecule has 110 valence electrons. The molecule has 0 aromatic heterocycles. The number of hydrogen-bond acceptors (Lipinski definition) is 2. The quantitative estimate of drug-likeness (QED) is 0.875. The van der Waals surface area contributed by atoms with E-state index in [1.54, 1.807) is 24.3 Å². The summed E-state index contributed by atoms with van der Waals surface area (Å²) in [7, 11) is 0. The van der Waals surface area contributed by atoms with Crippen molar-refractivity contribution in [2.24, 2.45) is 5.92 Å². The van der Waals surface area contributed by atoms with Gasteiger partial charge in [0.1, 0.15) is 5.75 Å². The molecule has 1 aliphatic rings. The van der Waals surface area contributed by atoms with Crippen molar-refractivity contribution in [2.75, 3.05) is 6.61 Å². The predicted molar refractivity (Wildman–Crippen MR) is 74.7 cm³/mol. The Morgan fingerprint density at radius 1 is 1.25 bits per heavy atom. The third kappa shape index (κ3) is 4.04. The van der Waals surface area contributed by atoms with Crippen LogP contribution in [0.2, 0.25) is 0 Å². The van der Waals surface area contributed by atoms with E-state index in [1.165, 1.54) is 12.5 Å². The number of rotatable bonds is 5. The summed E-state index contributed by atoms with van der Waals surface area (Å²) < 4.78 is 29.3. The first-order chi connectivity index (χ1) is 9.70. The van der Waals surface area contributed by atoms with E-state index in [0.717, 1.165) is 31.3 Å². The molecule has 0 atom stereocenters. The molecular weight excluding hydrogens is 262 g/mol. The highest BCUT2D eigenvalue weighted by Gasteiger charge is 2.18.